The van der Waals surface area contributed by atoms with Gasteiger partial charge in [0, 0.05) is 25.3 Å². The molecule has 2 aromatic carbocycles. The number of hydrogen-bond acceptors (Lipinski definition) is 7. The Morgan fingerprint density at radius 1 is 1.31 bits per heavy atom. The maximum absolute atomic E-state index is 12.3. The number of rotatable bonds is 9. The SMILES string of the molecule is COc1cc(/C=C(/C#N)C(=O)NC[C@@H]2CCCO2)ccc1OCc1ccc([N+](=O)[O-])cc1. The number of ether oxygens (including phenoxy) is 3. The van der Waals surface area contributed by atoms with E-state index in [1.165, 1.54) is 25.3 Å². The summed E-state index contributed by atoms with van der Waals surface area (Å²) in [4.78, 5) is 22.6. The predicted molar refractivity (Wildman–Crippen MR) is 116 cm³/mol. The van der Waals surface area contributed by atoms with Crippen LogP contribution < -0.4 is 14.8 Å². The number of amides is 1. The van der Waals surface area contributed by atoms with Crippen LogP contribution in [0.2, 0.25) is 0 Å². The number of nitro benzene ring substituents is 1. The molecule has 1 saturated heterocycles. The Bertz CT molecular complexity index is 1040. The molecule has 0 bridgehead atoms. The summed E-state index contributed by atoms with van der Waals surface area (Å²) in [6.07, 6.45) is 3.34. The minimum Gasteiger partial charge on any atom is -0.493 e. The van der Waals surface area contributed by atoms with Crippen molar-refractivity contribution in [2.45, 2.75) is 25.6 Å². The number of hydrogen-bond donors (Lipinski definition) is 1. The summed E-state index contributed by atoms with van der Waals surface area (Å²) in [6, 6.07) is 13.0. The number of carbonyl (C=O) groups excluding carboxylic acids is 1. The summed E-state index contributed by atoms with van der Waals surface area (Å²) in [5.74, 6) is 0.433. The molecule has 0 unspecified atom stereocenters. The summed E-state index contributed by atoms with van der Waals surface area (Å²) in [5, 5.41) is 22.9. The highest BCUT2D eigenvalue weighted by atomic mass is 16.6. The van der Waals surface area contributed by atoms with Crippen molar-refractivity contribution in [2.75, 3.05) is 20.3 Å². The molecule has 1 heterocycles. The Hall–Kier alpha value is -3.90. The quantitative estimate of drug-likeness (QED) is 0.276. The van der Waals surface area contributed by atoms with Gasteiger partial charge in [-0.1, -0.05) is 6.07 Å². The summed E-state index contributed by atoms with van der Waals surface area (Å²) in [7, 11) is 1.49. The fourth-order valence-electron chi connectivity index (χ4n) is 3.19. The lowest BCUT2D eigenvalue weighted by Crippen LogP contribution is -2.32. The van der Waals surface area contributed by atoms with Crippen molar-refractivity contribution in [3.8, 4) is 17.6 Å². The molecule has 0 aliphatic carbocycles. The third-order valence-electron chi connectivity index (χ3n) is 4.92. The van der Waals surface area contributed by atoms with Crippen molar-refractivity contribution in [3.05, 3.63) is 69.3 Å². The molecule has 1 amide bonds. The monoisotopic (exact) mass is 437 g/mol. The summed E-state index contributed by atoms with van der Waals surface area (Å²) >= 11 is 0. The fourth-order valence-corrected chi connectivity index (χ4v) is 3.19. The van der Waals surface area contributed by atoms with Crippen LogP contribution in [0.3, 0.4) is 0 Å². The molecule has 1 aliphatic rings. The molecule has 2 aromatic rings. The molecular weight excluding hydrogens is 414 g/mol. The van der Waals surface area contributed by atoms with Gasteiger partial charge in [0.1, 0.15) is 18.2 Å². The second kappa shape index (κ2) is 10.9. The number of nitriles is 1. The third kappa shape index (κ3) is 6.06. The van der Waals surface area contributed by atoms with Crippen LogP contribution in [0.25, 0.3) is 6.08 Å². The van der Waals surface area contributed by atoms with E-state index >= 15 is 0 Å². The number of benzene rings is 2. The number of nitro groups is 1. The molecule has 0 spiro atoms. The minimum atomic E-state index is -0.460. The molecule has 0 saturated carbocycles. The fraction of sp³-hybridized carbons (Fsp3) is 0.304. The van der Waals surface area contributed by atoms with E-state index in [2.05, 4.69) is 5.32 Å². The molecule has 0 aromatic heterocycles. The number of nitrogens with zero attached hydrogens (tertiary/aromatic N) is 2. The van der Waals surface area contributed by atoms with Crippen molar-refractivity contribution in [2.24, 2.45) is 0 Å². The van der Waals surface area contributed by atoms with Gasteiger partial charge in [-0.2, -0.15) is 5.26 Å². The molecule has 32 heavy (non-hydrogen) atoms. The second-order valence-corrected chi connectivity index (χ2v) is 7.14. The van der Waals surface area contributed by atoms with Crippen LogP contribution >= 0.6 is 0 Å². The van der Waals surface area contributed by atoms with Crippen molar-refractivity contribution in [1.82, 2.24) is 5.32 Å². The smallest absolute Gasteiger partial charge is 0.269 e. The van der Waals surface area contributed by atoms with E-state index in [1.807, 2.05) is 6.07 Å². The molecule has 1 aliphatic heterocycles. The highest BCUT2D eigenvalue weighted by Gasteiger charge is 2.18. The normalized spacial score (nSPS) is 15.6. The van der Waals surface area contributed by atoms with E-state index < -0.39 is 10.8 Å². The number of methoxy groups -OCH3 is 1. The maximum Gasteiger partial charge on any atom is 0.269 e. The Kier molecular flexibility index (Phi) is 7.78. The predicted octanol–water partition coefficient (Wildman–Crippen LogP) is 3.38. The van der Waals surface area contributed by atoms with Gasteiger partial charge in [-0.3, -0.25) is 14.9 Å². The molecule has 0 radical (unpaired) electrons. The summed E-state index contributed by atoms with van der Waals surface area (Å²) in [5.41, 5.74) is 1.35. The zero-order valence-electron chi connectivity index (χ0n) is 17.6. The molecule has 9 nitrogen and oxygen atoms in total. The lowest BCUT2D eigenvalue weighted by Gasteiger charge is -2.12. The second-order valence-electron chi connectivity index (χ2n) is 7.14. The standard InChI is InChI=1S/C23H23N3O6/c1-30-22-12-17(11-18(13-24)23(27)25-14-20-3-2-10-31-20)6-9-21(22)32-15-16-4-7-19(8-5-16)26(28)29/h4-9,11-12,20H,2-3,10,14-15H2,1H3,(H,25,27)/b18-11-/t20-/m0/s1. The average molecular weight is 437 g/mol. The first-order chi connectivity index (χ1) is 15.5. The number of non-ortho nitro benzene ring substituents is 1. The summed E-state index contributed by atoms with van der Waals surface area (Å²) in [6.45, 7) is 1.26. The first kappa shape index (κ1) is 22.8. The maximum atomic E-state index is 12.3. The van der Waals surface area contributed by atoms with Crippen LogP contribution in [-0.2, 0) is 16.1 Å². The van der Waals surface area contributed by atoms with Crippen molar-refractivity contribution >= 4 is 17.7 Å². The van der Waals surface area contributed by atoms with Gasteiger partial charge in [0.15, 0.2) is 11.5 Å². The number of nitrogens with one attached hydrogen (secondary N) is 1. The number of carbonyl (C=O) groups is 1. The van der Waals surface area contributed by atoms with Crippen molar-refractivity contribution in [3.63, 3.8) is 0 Å². The van der Waals surface area contributed by atoms with Crippen molar-refractivity contribution in [1.29, 1.82) is 5.26 Å². The Morgan fingerprint density at radius 2 is 2.09 bits per heavy atom. The molecular formula is C23H23N3O6. The third-order valence-corrected chi connectivity index (χ3v) is 4.92. The average Bonchev–Trinajstić information content (AvgIpc) is 3.34. The Balaban J connectivity index is 1.65. The van der Waals surface area contributed by atoms with Gasteiger partial charge in [-0.05, 0) is 54.3 Å². The lowest BCUT2D eigenvalue weighted by molar-refractivity contribution is -0.384. The van der Waals surface area contributed by atoms with Crippen LogP contribution in [-0.4, -0.2) is 37.2 Å². The summed E-state index contributed by atoms with van der Waals surface area (Å²) < 4.78 is 16.6. The lowest BCUT2D eigenvalue weighted by atomic mass is 10.1. The van der Waals surface area contributed by atoms with E-state index in [4.69, 9.17) is 14.2 Å². The van der Waals surface area contributed by atoms with Crippen LogP contribution in [0.1, 0.15) is 24.0 Å². The molecule has 3 rings (SSSR count). The van der Waals surface area contributed by atoms with E-state index in [-0.39, 0.29) is 24.0 Å². The van der Waals surface area contributed by atoms with E-state index in [1.54, 1.807) is 30.3 Å². The van der Waals surface area contributed by atoms with Gasteiger partial charge >= 0.3 is 0 Å². The minimum absolute atomic E-state index is 0.00818. The van der Waals surface area contributed by atoms with Crippen LogP contribution in [0.5, 0.6) is 11.5 Å². The van der Waals surface area contributed by atoms with E-state index in [9.17, 15) is 20.2 Å². The molecule has 1 N–H and O–H groups in total. The molecule has 1 fully saturated rings. The van der Waals surface area contributed by atoms with E-state index in [0.29, 0.717) is 30.2 Å². The zero-order valence-corrected chi connectivity index (χ0v) is 17.6. The van der Waals surface area contributed by atoms with Gasteiger partial charge < -0.3 is 19.5 Å². The van der Waals surface area contributed by atoms with Gasteiger partial charge in [-0.25, -0.2) is 0 Å². The van der Waals surface area contributed by atoms with Crippen LogP contribution in [0, 0.1) is 21.4 Å². The Labute approximate surface area is 185 Å². The largest absolute Gasteiger partial charge is 0.493 e. The van der Waals surface area contributed by atoms with Gasteiger partial charge in [0.25, 0.3) is 11.6 Å². The molecule has 1 atom stereocenters. The van der Waals surface area contributed by atoms with Crippen LogP contribution in [0.15, 0.2) is 48.0 Å². The van der Waals surface area contributed by atoms with Gasteiger partial charge in [-0.15, -0.1) is 0 Å². The molecule has 166 valence electrons. The van der Waals surface area contributed by atoms with Gasteiger partial charge in [0.05, 0.1) is 18.1 Å². The van der Waals surface area contributed by atoms with Crippen molar-refractivity contribution < 1.29 is 23.9 Å². The zero-order chi connectivity index (χ0) is 22.9. The van der Waals surface area contributed by atoms with Crippen LogP contribution in [0.4, 0.5) is 5.69 Å². The molecule has 9 heteroatoms. The highest BCUT2D eigenvalue weighted by Crippen LogP contribution is 2.30. The first-order valence-electron chi connectivity index (χ1n) is 10.1. The topological polar surface area (TPSA) is 124 Å². The van der Waals surface area contributed by atoms with E-state index in [0.717, 1.165) is 18.4 Å². The highest BCUT2D eigenvalue weighted by molar-refractivity contribution is 6.01. The first-order valence-corrected chi connectivity index (χ1v) is 10.1. The Morgan fingerprint density at radius 3 is 2.72 bits per heavy atom. The van der Waals surface area contributed by atoms with Gasteiger partial charge in [0.2, 0.25) is 0 Å².